The van der Waals surface area contributed by atoms with E-state index in [0.29, 0.717) is 5.56 Å². The number of hydrogen-bond donors (Lipinski definition) is 0. The second kappa shape index (κ2) is 3.95. The van der Waals surface area contributed by atoms with Crippen LogP contribution >= 0.6 is 0 Å². The quantitative estimate of drug-likeness (QED) is 0.540. The van der Waals surface area contributed by atoms with E-state index in [1.54, 1.807) is 0 Å². The number of benzene rings is 1. The highest BCUT2D eigenvalue weighted by Gasteiger charge is 2.14. The molecule has 0 saturated heterocycles. The molecular weight excluding hydrogens is 189 g/mol. The Bertz CT molecular complexity index is 390. The van der Waals surface area contributed by atoms with Crippen LogP contribution in [-0.4, -0.2) is 13.1 Å². The van der Waals surface area contributed by atoms with Gasteiger partial charge in [-0.15, -0.1) is 4.91 Å². The second-order valence-corrected chi connectivity index (χ2v) is 2.68. The lowest BCUT2D eigenvalue weighted by Gasteiger charge is -2.04. The number of hydrogen-bond acceptors (Lipinski definition) is 4. The van der Waals surface area contributed by atoms with Crippen LogP contribution < -0.4 is 0 Å². The Labute approximate surface area is 79.7 Å². The van der Waals surface area contributed by atoms with E-state index in [1.165, 1.54) is 14.0 Å². The van der Waals surface area contributed by atoms with E-state index in [9.17, 15) is 14.1 Å². The second-order valence-electron chi connectivity index (χ2n) is 2.68. The molecule has 0 bridgehead atoms. The summed E-state index contributed by atoms with van der Waals surface area (Å²) >= 11 is 0. The fraction of sp³-hybridized carbons (Fsp3) is 0.222. The molecule has 0 aliphatic carbocycles. The third-order valence-corrected chi connectivity index (χ3v) is 1.85. The van der Waals surface area contributed by atoms with Gasteiger partial charge in [0.1, 0.15) is 11.5 Å². The molecule has 0 saturated carbocycles. The Morgan fingerprint density at radius 1 is 1.50 bits per heavy atom. The van der Waals surface area contributed by atoms with Crippen molar-refractivity contribution in [3.05, 3.63) is 34.0 Å². The Morgan fingerprint density at radius 3 is 2.64 bits per heavy atom. The maximum atomic E-state index is 12.9. The number of rotatable bonds is 2. The van der Waals surface area contributed by atoms with Crippen molar-refractivity contribution in [2.24, 2.45) is 5.18 Å². The van der Waals surface area contributed by atoms with Gasteiger partial charge < -0.3 is 4.74 Å². The molecule has 14 heavy (non-hydrogen) atoms. The van der Waals surface area contributed by atoms with Gasteiger partial charge in [0.2, 0.25) is 0 Å². The first-order valence-corrected chi connectivity index (χ1v) is 3.82. The SMILES string of the molecule is COC(=O)c1cc(F)cc(N=O)c1C. The van der Waals surface area contributed by atoms with Gasteiger partial charge in [0.05, 0.1) is 12.7 Å². The molecule has 1 aromatic rings. The first kappa shape index (κ1) is 10.3. The van der Waals surface area contributed by atoms with Crippen LogP contribution in [0.4, 0.5) is 10.1 Å². The third kappa shape index (κ3) is 1.76. The van der Waals surface area contributed by atoms with Crippen molar-refractivity contribution >= 4 is 11.7 Å². The molecule has 0 aromatic heterocycles. The molecule has 0 spiro atoms. The zero-order chi connectivity index (χ0) is 10.7. The third-order valence-electron chi connectivity index (χ3n) is 1.85. The fourth-order valence-corrected chi connectivity index (χ4v) is 1.08. The summed E-state index contributed by atoms with van der Waals surface area (Å²) in [5.74, 6) is -1.38. The largest absolute Gasteiger partial charge is 0.465 e. The maximum Gasteiger partial charge on any atom is 0.338 e. The Kier molecular flexibility index (Phi) is 2.91. The molecule has 0 aliphatic rings. The van der Waals surface area contributed by atoms with Gasteiger partial charge in [-0.05, 0) is 23.7 Å². The lowest BCUT2D eigenvalue weighted by molar-refractivity contribution is 0.0599. The van der Waals surface area contributed by atoms with Crippen LogP contribution in [0.3, 0.4) is 0 Å². The van der Waals surface area contributed by atoms with E-state index in [1.807, 2.05) is 0 Å². The number of carbonyl (C=O) groups is 1. The fourth-order valence-electron chi connectivity index (χ4n) is 1.08. The normalized spacial score (nSPS) is 9.64. The van der Waals surface area contributed by atoms with E-state index >= 15 is 0 Å². The summed E-state index contributed by atoms with van der Waals surface area (Å²) in [6.45, 7) is 1.50. The van der Waals surface area contributed by atoms with Crippen molar-refractivity contribution < 1.29 is 13.9 Å². The summed E-state index contributed by atoms with van der Waals surface area (Å²) in [6.07, 6.45) is 0. The molecule has 0 amide bonds. The maximum absolute atomic E-state index is 12.9. The van der Waals surface area contributed by atoms with Crippen LogP contribution in [-0.2, 0) is 4.74 Å². The molecule has 1 rings (SSSR count). The minimum atomic E-state index is -0.689. The lowest BCUT2D eigenvalue weighted by atomic mass is 10.1. The molecule has 0 heterocycles. The molecule has 4 nitrogen and oxygen atoms in total. The van der Waals surface area contributed by atoms with Crippen molar-refractivity contribution in [2.75, 3.05) is 7.11 Å². The van der Waals surface area contributed by atoms with E-state index in [2.05, 4.69) is 9.91 Å². The molecule has 0 atom stereocenters. The Hall–Kier alpha value is -1.78. The van der Waals surface area contributed by atoms with Gasteiger partial charge >= 0.3 is 5.97 Å². The molecule has 0 unspecified atom stereocenters. The molecule has 0 aliphatic heterocycles. The number of ether oxygens (including phenoxy) is 1. The highest BCUT2D eigenvalue weighted by Crippen LogP contribution is 2.24. The average Bonchev–Trinajstić information content (AvgIpc) is 2.19. The van der Waals surface area contributed by atoms with Crippen molar-refractivity contribution in [1.82, 2.24) is 0 Å². The van der Waals surface area contributed by atoms with Gasteiger partial charge in [-0.25, -0.2) is 9.18 Å². The zero-order valence-electron chi connectivity index (χ0n) is 7.70. The van der Waals surface area contributed by atoms with Gasteiger partial charge in [-0.2, -0.15) is 0 Å². The minimum Gasteiger partial charge on any atom is -0.465 e. The molecule has 74 valence electrons. The Balaban J connectivity index is 3.36. The van der Waals surface area contributed by atoms with Crippen LogP contribution in [0.25, 0.3) is 0 Å². The number of methoxy groups -OCH3 is 1. The predicted octanol–water partition coefficient (Wildman–Crippen LogP) is 2.32. The van der Waals surface area contributed by atoms with Gasteiger partial charge in [0, 0.05) is 6.07 Å². The Morgan fingerprint density at radius 2 is 2.14 bits per heavy atom. The highest BCUT2D eigenvalue weighted by molar-refractivity contribution is 5.92. The van der Waals surface area contributed by atoms with Crippen molar-refractivity contribution in [1.29, 1.82) is 0 Å². The summed E-state index contributed by atoms with van der Waals surface area (Å²) < 4.78 is 17.3. The van der Waals surface area contributed by atoms with Crippen molar-refractivity contribution in [3.63, 3.8) is 0 Å². The topological polar surface area (TPSA) is 55.7 Å². The smallest absolute Gasteiger partial charge is 0.338 e. The predicted molar refractivity (Wildman–Crippen MR) is 47.9 cm³/mol. The average molecular weight is 197 g/mol. The van der Waals surface area contributed by atoms with Crippen LogP contribution in [0, 0.1) is 17.6 Å². The summed E-state index contributed by atoms with van der Waals surface area (Å²) in [5, 5.41) is 2.61. The van der Waals surface area contributed by atoms with Crippen LogP contribution in [0.5, 0.6) is 0 Å². The number of nitrogens with zero attached hydrogens (tertiary/aromatic N) is 1. The van der Waals surface area contributed by atoms with E-state index in [4.69, 9.17) is 0 Å². The summed E-state index contributed by atoms with van der Waals surface area (Å²) in [4.78, 5) is 21.4. The van der Waals surface area contributed by atoms with Crippen molar-refractivity contribution in [2.45, 2.75) is 6.92 Å². The van der Waals surface area contributed by atoms with Gasteiger partial charge in [0.15, 0.2) is 0 Å². The number of halogens is 1. The standard InChI is InChI=1S/C9H8FNO3/c1-5-7(9(12)14-2)3-6(10)4-8(5)11-13/h3-4H,1-2H3. The molecular formula is C9H8FNO3. The lowest BCUT2D eigenvalue weighted by Crippen LogP contribution is -2.04. The molecule has 0 radical (unpaired) electrons. The van der Waals surface area contributed by atoms with Gasteiger partial charge in [-0.1, -0.05) is 0 Å². The van der Waals surface area contributed by atoms with Crippen LogP contribution in [0.15, 0.2) is 17.3 Å². The molecule has 5 heteroatoms. The number of carbonyl (C=O) groups excluding carboxylic acids is 1. The molecule has 1 aromatic carbocycles. The molecule has 0 N–H and O–H groups in total. The minimum absolute atomic E-state index is 0.0158. The monoisotopic (exact) mass is 197 g/mol. The first-order chi connectivity index (χ1) is 6.60. The molecule has 0 fully saturated rings. The van der Waals surface area contributed by atoms with E-state index < -0.39 is 11.8 Å². The zero-order valence-corrected chi connectivity index (χ0v) is 7.70. The first-order valence-electron chi connectivity index (χ1n) is 3.82. The van der Waals surface area contributed by atoms with Crippen molar-refractivity contribution in [3.8, 4) is 0 Å². The van der Waals surface area contributed by atoms with Gasteiger partial charge in [-0.3, -0.25) is 0 Å². The van der Waals surface area contributed by atoms with E-state index in [-0.39, 0.29) is 11.3 Å². The van der Waals surface area contributed by atoms with E-state index in [0.717, 1.165) is 12.1 Å². The number of esters is 1. The summed E-state index contributed by atoms with van der Waals surface area (Å²) in [7, 11) is 1.18. The summed E-state index contributed by atoms with van der Waals surface area (Å²) in [5.41, 5.74) is 0.237. The van der Waals surface area contributed by atoms with Crippen LogP contribution in [0.1, 0.15) is 15.9 Å². The van der Waals surface area contributed by atoms with Gasteiger partial charge in [0.25, 0.3) is 0 Å². The number of nitroso groups, excluding NO2 is 1. The van der Waals surface area contributed by atoms with Crippen LogP contribution in [0.2, 0.25) is 0 Å². The summed E-state index contributed by atoms with van der Waals surface area (Å²) in [6, 6.07) is 1.98. The highest BCUT2D eigenvalue weighted by atomic mass is 19.1.